The molecular formula is C30H47N3O4. The third-order valence-corrected chi connectivity index (χ3v) is 7.18. The third-order valence-electron chi connectivity index (χ3n) is 7.18. The van der Waals surface area contributed by atoms with E-state index in [2.05, 4.69) is 10.6 Å². The van der Waals surface area contributed by atoms with E-state index in [1.54, 1.807) is 25.7 Å². The molecule has 2 N–H and O–H groups in total. The van der Waals surface area contributed by atoms with Gasteiger partial charge in [0.2, 0.25) is 11.8 Å². The summed E-state index contributed by atoms with van der Waals surface area (Å²) in [5.41, 5.74) is 2.19. The topological polar surface area (TPSA) is 87.7 Å². The number of nitrogens with one attached hydrogen (secondary N) is 2. The molecule has 7 heteroatoms. The molecule has 2 unspecified atom stereocenters. The molecule has 2 aliphatic rings. The van der Waals surface area contributed by atoms with Crippen LogP contribution in [0.15, 0.2) is 18.2 Å². The number of benzene rings is 1. The van der Waals surface area contributed by atoms with Gasteiger partial charge < -0.3 is 20.3 Å². The van der Waals surface area contributed by atoms with Crippen molar-refractivity contribution in [1.82, 2.24) is 15.5 Å². The van der Waals surface area contributed by atoms with Gasteiger partial charge in [0.1, 0.15) is 17.7 Å². The van der Waals surface area contributed by atoms with E-state index in [0.717, 1.165) is 55.2 Å². The van der Waals surface area contributed by atoms with Crippen molar-refractivity contribution in [2.75, 3.05) is 0 Å². The number of alkyl carbamates (subject to hydrolysis) is 1. The standard InChI is InChI=1S/C30H47N3O4/c1-19(2)18-24(32-29(36)37-30(5,6)7)28(35)33(23-16-17-23)26(25-20(3)12-11-13-21(25)4)27(34)31-22-14-9-8-10-15-22/h11-13,19,22-24,26H,8-10,14-18H2,1-7H3,(H,31,34)(H,32,36). The number of aryl methyl sites for hydroxylation is 2. The van der Waals surface area contributed by atoms with Crippen molar-refractivity contribution in [2.24, 2.45) is 5.92 Å². The van der Waals surface area contributed by atoms with E-state index in [-0.39, 0.29) is 29.8 Å². The zero-order chi connectivity index (χ0) is 27.3. The van der Waals surface area contributed by atoms with Gasteiger partial charge in [-0.05, 0) is 89.3 Å². The molecule has 0 aromatic heterocycles. The van der Waals surface area contributed by atoms with Crippen LogP contribution in [0.2, 0.25) is 0 Å². The lowest BCUT2D eigenvalue weighted by Crippen LogP contribution is -2.55. The van der Waals surface area contributed by atoms with Gasteiger partial charge in [0, 0.05) is 12.1 Å². The maximum Gasteiger partial charge on any atom is 0.408 e. The van der Waals surface area contributed by atoms with Crippen molar-refractivity contribution < 1.29 is 19.1 Å². The van der Waals surface area contributed by atoms with Crippen molar-refractivity contribution in [3.8, 4) is 0 Å². The number of hydrogen-bond acceptors (Lipinski definition) is 4. The van der Waals surface area contributed by atoms with Gasteiger partial charge >= 0.3 is 6.09 Å². The summed E-state index contributed by atoms with van der Waals surface area (Å²) in [5.74, 6) is -0.168. The highest BCUT2D eigenvalue weighted by molar-refractivity contribution is 5.93. The van der Waals surface area contributed by atoms with Gasteiger partial charge in [-0.3, -0.25) is 9.59 Å². The van der Waals surface area contributed by atoms with Crippen LogP contribution in [-0.4, -0.2) is 46.5 Å². The van der Waals surface area contributed by atoms with Crippen molar-refractivity contribution in [3.05, 3.63) is 34.9 Å². The predicted molar refractivity (Wildman–Crippen MR) is 146 cm³/mol. The summed E-state index contributed by atoms with van der Waals surface area (Å²) in [5, 5.41) is 6.14. The molecule has 0 radical (unpaired) electrons. The van der Waals surface area contributed by atoms with Crippen LogP contribution in [0.25, 0.3) is 0 Å². The first-order valence-electron chi connectivity index (χ1n) is 14.1. The molecule has 3 rings (SSSR count). The summed E-state index contributed by atoms with van der Waals surface area (Å²) in [6.07, 6.45) is 6.92. The van der Waals surface area contributed by atoms with Crippen LogP contribution in [0.1, 0.15) is 109 Å². The van der Waals surface area contributed by atoms with Gasteiger partial charge in [0.15, 0.2) is 0 Å². The monoisotopic (exact) mass is 513 g/mol. The summed E-state index contributed by atoms with van der Waals surface area (Å²) >= 11 is 0. The molecule has 0 bridgehead atoms. The average molecular weight is 514 g/mol. The second-order valence-electron chi connectivity index (χ2n) is 12.4. The maximum atomic E-state index is 14.3. The molecule has 2 aliphatic carbocycles. The van der Waals surface area contributed by atoms with Crippen molar-refractivity contribution >= 4 is 17.9 Å². The minimum Gasteiger partial charge on any atom is -0.444 e. The van der Waals surface area contributed by atoms with Gasteiger partial charge in [-0.2, -0.15) is 0 Å². The van der Waals surface area contributed by atoms with Gasteiger partial charge in [0.25, 0.3) is 0 Å². The van der Waals surface area contributed by atoms with E-state index in [9.17, 15) is 14.4 Å². The van der Waals surface area contributed by atoms with Gasteiger partial charge in [-0.25, -0.2) is 4.79 Å². The normalized spacial score (nSPS) is 18.2. The predicted octanol–water partition coefficient (Wildman–Crippen LogP) is 5.72. The molecule has 37 heavy (non-hydrogen) atoms. The molecule has 2 atom stereocenters. The zero-order valence-corrected chi connectivity index (χ0v) is 23.9. The first kappa shape index (κ1) is 29.0. The number of ether oxygens (including phenoxy) is 1. The van der Waals surface area contributed by atoms with E-state index in [4.69, 9.17) is 4.74 Å². The van der Waals surface area contributed by atoms with Crippen LogP contribution in [0, 0.1) is 19.8 Å². The third kappa shape index (κ3) is 8.21. The maximum absolute atomic E-state index is 14.3. The molecular weight excluding hydrogens is 466 g/mol. The lowest BCUT2D eigenvalue weighted by Gasteiger charge is -2.37. The Kier molecular flexibility index (Phi) is 9.65. The van der Waals surface area contributed by atoms with Crippen LogP contribution in [-0.2, 0) is 14.3 Å². The number of hydrogen-bond donors (Lipinski definition) is 2. The SMILES string of the molecule is Cc1cccc(C)c1C(C(=O)NC1CCCCC1)N(C(=O)C(CC(C)C)NC(=O)OC(C)(C)C)C1CC1. The molecule has 1 aromatic carbocycles. The lowest BCUT2D eigenvalue weighted by atomic mass is 9.91. The molecule has 7 nitrogen and oxygen atoms in total. The Hall–Kier alpha value is -2.57. The molecule has 0 heterocycles. The van der Waals surface area contributed by atoms with Crippen LogP contribution < -0.4 is 10.6 Å². The largest absolute Gasteiger partial charge is 0.444 e. The molecule has 2 saturated carbocycles. The average Bonchev–Trinajstić information content (AvgIpc) is 3.61. The van der Waals surface area contributed by atoms with Crippen molar-refractivity contribution in [3.63, 3.8) is 0 Å². The highest BCUT2D eigenvalue weighted by Crippen LogP contribution is 2.38. The van der Waals surface area contributed by atoms with Crippen molar-refractivity contribution in [1.29, 1.82) is 0 Å². The molecule has 1 aromatic rings. The Bertz CT molecular complexity index is 938. The molecule has 0 saturated heterocycles. The fraction of sp³-hybridized carbons (Fsp3) is 0.700. The van der Waals surface area contributed by atoms with E-state index in [1.165, 1.54) is 6.42 Å². The first-order chi connectivity index (χ1) is 17.4. The minimum absolute atomic E-state index is 0.0243. The fourth-order valence-corrected chi connectivity index (χ4v) is 5.38. The number of carbonyl (C=O) groups excluding carboxylic acids is 3. The summed E-state index contributed by atoms with van der Waals surface area (Å²) < 4.78 is 5.49. The Labute approximate surface area is 223 Å². The Morgan fingerprint density at radius 1 is 1.00 bits per heavy atom. The van der Waals surface area contributed by atoms with Crippen LogP contribution in [0.5, 0.6) is 0 Å². The molecule has 206 valence electrons. The number of rotatable bonds is 9. The van der Waals surface area contributed by atoms with Gasteiger partial charge in [-0.15, -0.1) is 0 Å². The molecule has 2 fully saturated rings. The quantitative estimate of drug-likeness (QED) is 0.442. The van der Waals surface area contributed by atoms with E-state index in [0.29, 0.717) is 6.42 Å². The summed E-state index contributed by atoms with van der Waals surface area (Å²) in [4.78, 5) is 42.8. The van der Waals surface area contributed by atoms with Gasteiger partial charge in [0.05, 0.1) is 0 Å². The van der Waals surface area contributed by atoms with E-state index in [1.807, 2.05) is 45.9 Å². The summed E-state index contributed by atoms with van der Waals surface area (Å²) in [6.45, 7) is 13.5. The van der Waals surface area contributed by atoms with Crippen LogP contribution in [0.4, 0.5) is 4.79 Å². The van der Waals surface area contributed by atoms with Crippen LogP contribution >= 0.6 is 0 Å². The highest BCUT2D eigenvalue weighted by atomic mass is 16.6. The fourth-order valence-electron chi connectivity index (χ4n) is 5.38. The lowest BCUT2D eigenvalue weighted by molar-refractivity contribution is -0.144. The smallest absolute Gasteiger partial charge is 0.408 e. The molecule has 0 spiro atoms. The summed E-state index contributed by atoms with van der Waals surface area (Å²) in [6, 6.07) is 4.59. The number of amides is 3. The Morgan fingerprint density at radius 2 is 1.59 bits per heavy atom. The second-order valence-corrected chi connectivity index (χ2v) is 12.4. The number of carbonyl (C=O) groups is 3. The molecule has 0 aliphatic heterocycles. The van der Waals surface area contributed by atoms with E-state index >= 15 is 0 Å². The van der Waals surface area contributed by atoms with Crippen LogP contribution in [0.3, 0.4) is 0 Å². The van der Waals surface area contributed by atoms with Crippen molar-refractivity contribution in [2.45, 2.75) is 130 Å². The second kappa shape index (κ2) is 12.3. The van der Waals surface area contributed by atoms with E-state index < -0.39 is 23.8 Å². The minimum atomic E-state index is -0.773. The Morgan fingerprint density at radius 3 is 2.11 bits per heavy atom. The molecule has 3 amide bonds. The summed E-state index contributed by atoms with van der Waals surface area (Å²) in [7, 11) is 0. The number of nitrogens with zero attached hydrogens (tertiary/aromatic N) is 1. The highest BCUT2D eigenvalue weighted by Gasteiger charge is 2.45. The Balaban J connectivity index is 1.98. The first-order valence-corrected chi connectivity index (χ1v) is 14.1. The zero-order valence-electron chi connectivity index (χ0n) is 23.9. The van der Waals surface area contributed by atoms with Gasteiger partial charge in [-0.1, -0.05) is 51.3 Å².